The molecule has 24 heavy (non-hydrogen) atoms. The molecular formula is C20H23N3O. The Balaban J connectivity index is 1.92. The number of fused-ring (bicyclic) bond motifs is 1. The lowest BCUT2D eigenvalue weighted by molar-refractivity contribution is -0.122. The van der Waals surface area contributed by atoms with Crippen LogP contribution in [0.5, 0.6) is 0 Å². The highest BCUT2D eigenvalue weighted by Gasteiger charge is 2.16. The monoisotopic (exact) mass is 321 g/mol. The lowest BCUT2D eigenvalue weighted by Crippen LogP contribution is -2.40. The van der Waals surface area contributed by atoms with Crippen molar-refractivity contribution in [2.75, 3.05) is 0 Å². The highest BCUT2D eigenvalue weighted by Crippen LogP contribution is 2.22. The third kappa shape index (κ3) is 3.65. The zero-order valence-corrected chi connectivity index (χ0v) is 14.4. The number of aromatic nitrogens is 2. The van der Waals surface area contributed by atoms with E-state index < -0.39 is 0 Å². The number of aryl methyl sites for hydroxylation is 1. The van der Waals surface area contributed by atoms with Gasteiger partial charge in [0, 0.05) is 24.1 Å². The van der Waals surface area contributed by atoms with Gasteiger partial charge < -0.3 is 5.32 Å². The fourth-order valence-corrected chi connectivity index (χ4v) is 2.81. The van der Waals surface area contributed by atoms with Crippen molar-refractivity contribution in [2.45, 2.75) is 39.2 Å². The minimum absolute atomic E-state index is 0.0502. The van der Waals surface area contributed by atoms with Gasteiger partial charge in [-0.1, -0.05) is 30.3 Å². The predicted molar refractivity (Wildman–Crippen MR) is 97.3 cm³/mol. The van der Waals surface area contributed by atoms with Crippen LogP contribution < -0.4 is 5.32 Å². The van der Waals surface area contributed by atoms with Crippen molar-refractivity contribution in [3.63, 3.8) is 0 Å². The van der Waals surface area contributed by atoms with Gasteiger partial charge in [-0.15, -0.1) is 0 Å². The molecular weight excluding hydrogens is 298 g/mol. The molecule has 1 N–H and O–H groups in total. The molecule has 4 nitrogen and oxygen atoms in total. The Bertz CT molecular complexity index is 844. The number of carbonyl (C=O) groups is 1. The molecule has 0 bridgehead atoms. The van der Waals surface area contributed by atoms with E-state index >= 15 is 0 Å². The highest BCUT2D eigenvalue weighted by atomic mass is 16.1. The van der Waals surface area contributed by atoms with Gasteiger partial charge >= 0.3 is 0 Å². The van der Waals surface area contributed by atoms with Gasteiger partial charge in [0.25, 0.3) is 0 Å². The molecule has 0 spiro atoms. The van der Waals surface area contributed by atoms with Crippen LogP contribution in [0.25, 0.3) is 16.7 Å². The van der Waals surface area contributed by atoms with Gasteiger partial charge in [-0.05, 0) is 45.0 Å². The molecule has 0 fully saturated rings. The maximum absolute atomic E-state index is 12.1. The molecule has 3 aromatic rings. The third-order valence-corrected chi connectivity index (χ3v) is 3.73. The molecule has 1 aromatic heterocycles. The summed E-state index contributed by atoms with van der Waals surface area (Å²) in [5, 5.41) is 3.01. The van der Waals surface area contributed by atoms with E-state index in [4.69, 9.17) is 4.98 Å². The summed E-state index contributed by atoms with van der Waals surface area (Å²) < 4.78 is 2.14. The second-order valence-corrected chi connectivity index (χ2v) is 6.99. The number of para-hydroxylation sites is 3. The summed E-state index contributed by atoms with van der Waals surface area (Å²) in [6, 6.07) is 18.2. The van der Waals surface area contributed by atoms with Crippen LogP contribution in [0.15, 0.2) is 54.6 Å². The van der Waals surface area contributed by atoms with Crippen LogP contribution in [0.2, 0.25) is 0 Å². The van der Waals surface area contributed by atoms with Gasteiger partial charge in [-0.2, -0.15) is 0 Å². The second kappa shape index (κ2) is 6.48. The van der Waals surface area contributed by atoms with E-state index in [0.29, 0.717) is 12.8 Å². The Morgan fingerprint density at radius 3 is 2.42 bits per heavy atom. The summed E-state index contributed by atoms with van der Waals surface area (Å²) in [5.41, 5.74) is 2.87. The highest BCUT2D eigenvalue weighted by molar-refractivity contribution is 5.79. The Kier molecular flexibility index (Phi) is 4.38. The summed E-state index contributed by atoms with van der Waals surface area (Å²) in [7, 11) is 0. The minimum atomic E-state index is -0.212. The van der Waals surface area contributed by atoms with Crippen molar-refractivity contribution in [2.24, 2.45) is 0 Å². The van der Waals surface area contributed by atoms with Gasteiger partial charge in [0.15, 0.2) is 0 Å². The summed E-state index contributed by atoms with van der Waals surface area (Å²) >= 11 is 0. The first kappa shape index (κ1) is 16.2. The van der Waals surface area contributed by atoms with Crippen LogP contribution in [0, 0.1) is 0 Å². The normalized spacial score (nSPS) is 11.6. The van der Waals surface area contributed by atoms with Crippen LogP contribution in [0.4, 0.5) is 0 Å². The lowest BCUT2D eigenvalue weighted by Gasteiger charge is -2.20. The number of nitrogens with one attached hydrogen (secondary N) is 1. The van der Waals surface area contributed by atoms with Crippen LogP contribution in [0.1, 0.15) is 33.0 Å². The Morgan fingerprint density at radius 1 is 1.04 bits per heavy atom. The summed E-state index contributed by atoms with van der Waals surface area (Å²) in [5.74, 6) is 0.959. The second-order valence-electron chi connectivity index (χ2n) is 6.99. The molecule has 0 aliphatic carbocycles. The molecule has 3 rings (SSSR count). The van der Waals surface area contributed by atoms with E-state index in [2.05, 4.69) is 28.1 Å². The van der Waals surface area contributed by atoms with E-state index in [1.807, 2.05) is 57.2 Å². The number of carbonyl (C=O) groups excluding carboxylic acids is 1. The molecule has 0 saturated heterocycles. The fourth-order valence-electron chi connectivity index (χ4n) is 2.81. The summed E-state index contributed by atoms with van der Waals surface area (Å²) in [6.07, 6.45) is 1.03. The minimum Gasteiger partial charge on any atom is -0.351 e. The van der Waals surface area contributed by atoms with Crippen LogP contribution in [0.3, 0.4) is 0 Å². The lowest BCUT2D eigenvalue weighted by atomic mass is 10.1. The van der Waals surface area contributed by atoms with E-state index in [1.165, 1.54) is 0 Å². The smallest absolute Gasteiger partial charge is 0.220 e. The predicted octanol–water partition coefficient (Wildman–Crippen LogP) is 3.87. The number of hydrogen-bond acceptors (Lipinski definition) is 2. The number of imidazole rings is 1. The number of rotatable bonds is 4. The third-order valence-electron chi connectivity index (χ3n) is 3.73. The molecule has 1 amide bonds. The van der Waals surface area contributed by atoms with Gasteiger partial charge in [0.1, 0.15) is 5.82 Å². The van der Waals surface area contributed by atoms with Crippen molar-refractivity contribution in [1.82, 2.24) is 14.9 Å². The molecule has 2 aromatic carbocycles. The molecule has 124 valence electrons. The molecule has 0 saturated carbocycles. The Hall–Kier alpha value is -2.62. The quantitative estimate of drug-likeness (QED) is 0.793. The maximum atomic E-state index is 12.1. The first-order valence-corrected chi connectivity index (χ1v) is 8.27. The zero-order valence-electron chi connectivity index (χ0n) is 14.4. The summed E-state index contributed by atoms with van der Waals surface area (Å²) in [4.78, 5) is 16.9. The molecule has 0 unspecified atom stereocenters. The molecule has 0 radical (unpaired) electrons. The Labute approximate surface area is 142 Å². The van der Waals surface area contributed by atoms with Crippen molar-refractivity contribution in [3.8, 4) is 5.69 Å². The first-order valence-electron chi connectivity index (χ1n) is 8.27. The molecule has 0 aliphatic heterocycles. The number of hydrogen-bond donors (Lipinski definition) is 1. The topological polar surface area (TPSA) is 46.9 Å². The standard InChI is InChI=1S/C20H23N3O/c1-20(2,3)22-19(24)14-13-18-21-16-11-7-8-12-17(16)23(18)15-9-5-4-6-10-15/h4-12H,13-14H2,1-3H3,(H,22,24). The Morgan fingerprint density at radius 2 is 1.71 bits per heavy atom. The zero-order chi connectivity index (χ0) is 17.2. The van der Waals surface area contributed by atoms with Crippen molar-refractivity contribution < 1.29 is 4.79 Å². The van der Waals surface area contributed by atoms with Crippen molar-refractivity contribution in [3.05, 3.63) is 60.4 Å². The van der Waals surface area contributed by atoms with Crippen molar-refractivity contribution >= 4 is 16.9 Å². The largest absolute Gasteiger partial charge is 0.351 e. The number of benzene rings is 2. The average Bonchev–Trinajstić information content (AvgIpc) is 2.90. The molecule has 0 aliphatic rings. The first-order chi connectivity index (χ1) is 11.4. The summed E-state index contributed by atoms with van der Waals surface area (Å²) in [6.45, 7) is 5.97. The number of amides is 1. The SMILES string of the molecule is CC(C)(C)NC(=O)CCc1nc2ccccc2n1-c1ccccc1. The molecule has 0 atom stereocenters. The van der Waals surface area contributed by atoms with E-state index in [9.17, 15) is 4.79 Å². The molecule has 4 heteroatoms. The van der Waals surface area contributed by atoms with Gasteiger partial charge in [-0.3, -0.25) is 9.36 Å². The molecule has 1 heterocycles. The van der Waals surface area contributed by atoms with Crippen LogP contribution in [-0.2, 0) is 11.2 Å². The van der Waals surface area contributed by atoms with E-state index in [0.717, 1.165) is 22.5 Å². The van der Waals surface area contributed by atoms with Crippen LogP contribution in [-0.4, -0.2) is 21.0 Å². The van der Waals surface area contributed by atoms with E-state index in [-0.39, 0.29) is 11.4 Å². The van der Waals surface area contributed by atoms with Crippen molar-refractivity contribution in [1.29, 1.82) is 0 Å². The van der Waals surface area contributed by atoms with E-state index in [1.54, 1.807) is 0 Å². The maximum Gasteiger partial charge on any atom is 0.220 e. The van der Waals surface area contributed by atoms with Gasteiger partial charge in [-0.25, -0.2) is 4.98 Å². The fraction of sp³-hybridized carbons (Fsp3) is 0.300. The van der Waals surface area contributed by atoms with Gasteiger partial charge in [0.2, 0.25) is 5.91 Å². The average molecular weight is 321 g/mol. The number of nitrogens with zero attached hydrogens (tertiary/aromatic N) is 2. The van der Waals surface area contributed by atoms with Gasteiger partial charge in [0.05, 0.1) is 11.0 Å². The van der Waals surface area contributed by atoms with Crippen LogP contribution >= 0.6 is 0 Å².